The molecule has 5 heteroatoms. The molecule has 3 N–H and O–H groups in total. The Morgan fingerprint density at radius 2 is 2.25 bits per heavy atom. The molecule has 110 valence electrons. The topological polar surface area (TPSA) is 55.1 Å². The van der Waals surface area contributed by atoms with Gasteiger partial charge in [-0.25, -0.2) is 4.39 Å². The molecule has 1 aliphatic carbocycles. The molecule has 1 amide bonds. The van der Waals surface area contributed by atoms with Gasteiger partial charge in [0.25, 0.3) is 5.91 Å². The normalized spacial score (nSPS) is 22.6. The van der Waals surface area contributed by atoms with Gasteiger partial charge in [0.1, 0.15) is 5.82 Å². The number of carbonyl (C=O) groups is 1. The number of hydrogen-bond donors (Lipinski definition) is 2. The van der Waals surface area contributed by atoms with Gasteiger partial charge in [0.2, 0.25) is 0 Å². The van der Waals surface area contributed by atoms with Crippen molar-refractivity contribution < 1.29 is 9.18 Å². The van der Waals surface area contributed by atoms with E-state index in [0.717, 1.165) is 18.8 Å². The van der Waals surface area contributed by atoms with Crippen LogP contribution in [0.4, 0.5) is 10.1 Å². The van der Waals surface area contributed by atoms with Crippen molar-refractivity contribution in [3.05, 3.63) is 28.0 Å². The number of nitrogens with one attached hydrogen (secondary N) is 1. The molecule has 2 atom stereocenters. The molecule has 1 fully saturated rings. The van der Waals surface area contributed by atoms with Gasteiger partial charge in [0.05, 0.1) is 11.3 Å². The van der Waals surface area contributed by atoms with Crippen molar-refractivity contribution in [2.45, 2.75) is 32.6 Å². The number of hydrogen-bond acceptors (Lipinski definition) is 2. The first-order valence-corrected chi connectivity index (χ1v) is 7.79. The fourth-order valence-electron chi connectivity index (χ4n) is 2.82. The molecule has 3 nitrogen and oxygen atoms in total. The van der Waals surface area contributed by atoms with Crippen LogP contribution in [0.15, 0.2) is 16.6 Å². The molecule has 0 aromatic heterocycles. The Bertz CT molecular complexity index is 507. The van der Waals surface area contributed by atoms with Gasteiger partial charge in [-0.15, -0.1) is 0 Å². The van der Waals surface area contributed by atoms with Crippen molar-refractivity contribution in [3.63, 3.8) is 0 Å². The number of nitrogen functional groups attached to an aromatic ring is 1. The maximum Gasteiger partial charge on any atom is 0.252 e. The van der Waals surface area contributed by atoms with Crippen LogP contribution >= 0.6 is 15.9 Å². The first-order valence-electron chi connectivity index (χ1n) is 7.00. The molecular weight excluding hydrogens is 323 g/mol. The average molecular weight is 343 g/mol. The highest BCUT2D eigenvalue weighted by atomic mass is 79.9. The van der Waals surface area contributed by atoms with E-state index in [0.29, 0.717) is 22.5 Å². The van der Waals surface area contributed by atoms with E-state index in [4.69, 9.17) is 5.73 Å². The molecule has 1 aromatic carbocycles. The molecular formula is C15H20BrFN2O. The average Bonchev–Trinajstić information content (AvgIpc) is 2.40. The minimum atomic E-state index is -0.519. The molecule has 0 saturated heterocycles. The Balaban J connectivity index is 1.96. The predicted octanol–water partition coefficient (Wildman–Crippen LogP) is 3.73. The Labute approximate surface area is 127 Å². The van der Waals surface area contributed by atoms with Gasteiger partial charge in [-0.05, 0) is 52.7 Å². The maximum absolute atomic E-state index is 13.3. The summed E-state index contributed by atoms with van der Waals surface area (Å²) in [5.74, 6) is 0.550. The van der Waals surface area contributed by atoms with E-state index in [9.17, 15) is 9.18 Å². The highest BCUT2D eigenvalue weighted by Crippen LogP contribution is 2.28. The lowest BCUT2D eigenvalue weighted by atomic mass is 9.82. The molecule has 2 unspecified atom stereocenters. The van der Waals surface area contributed by atoms with Crippen LogP contribution in [-0.2, 0) is 0 Å². The van der Waals surface area contributed by atoms with Gasteiger partial charge in [-0.3, -0.25) is 4.79 Å². The summed E-state index contributed by atoms with van der Waals surface area (Å²) in [7, 11) is 0. The summed E-state index contributed by atoms with van der Waals surface area (Å²) in [4.78, 5) is 12.1. The fourth-order valence-corrected chi connectivity index (χ4v) is 3.31. The van der Waals surface area contributed by atoms with Crippen LogP contribution in [0.1, 0.15) is 43.0 Å². The number of benzene rings is 1. The second-order valence-corrected chi connectivity index (χ2v) is 6.56. The van der Waals surface area contributed by atoms with Crippen molar-refractivity contribution in [3.8, 4) is 0 Å². The molecule has 1 aromatic rings. The van der Waals surface area contributed by atoms with Crippen molar-refractivity contribution in [1.29, 1.82) is 0 Å². The summed E-state index contributed by atoms with van der Waals surface area (Å²) < 4.78 is 13.7. The quantitative estimate of drug-likeness (QED) is 0.822. The van der Waals surface area contributed by atoms with Crippen molar-refractivity contribution >= 4 is 27.5 Å². The van der Waals surface area contributed by atoms with Crippen molar-refractivity contribution in [2.75, 3.05) is 12.3 Å². The van der Waals surface area contributed by atoms with Crippen LogP contribution in [-0.4, -0.2) is 12.5 Å². The third-order valence-electron chi connectivity index (χ3n) is 3.93. The Kier molecular flexibility index (Phi) is 5.02. The van der Waals surface area contributed by atoms with Gasteiger partial charge in [0, 0.05) is 11.0 Å². The second kappa shape index (κ2) is 6.57. The summed E-state index contributed by atoms with van der Waals surface area (Å²) in [6, 6.07) is 2.60. The zero-order valence-electron chi connectivity index (χ0n) is 11.6. The van der Waals surface area contributed by atoms with E-state index in [1.54, 1.807) is 0 Å². The number of halogens is 2. The summed E-state index contributed by atoms with van der Waals surface area (Å²) in [5.41, 5.74) is 5.88. The van der Waals surface area contributed by atoms with Crippen molar-refractivity contribution in [2.24, 2.45) is 11.8 Å². The monoisotopic (exact) mass is 342 g/mol. The lowest BCUT2D eigenvalue weighted by molar-refractivity contribution is 0.0940. The van der Waals surface area contributed by atoms with Crippen LogP contribution in [0.5, 0.6) is 0 Å². The number of amides is 1. The first kappa shape index (κ1) is 15.3. The molecule has 0 spiro atoms. The summed E-state index contributed by atoms with van der Waals surface area (Å²) in [5, 5.41) is 2.93. The summed E-state index contributed by atoms with van der Waals surface area (Å²) in [6.45, 7) is 2.93. The van der Waals surface area contributed by atoms with Gasteiger partial charge < -0.3 is 11.1 Å². The molecule has 1 aliphatic rings. The Morgan fingerprint density at radius 3 is 2.95 bits per heavy atom. The second-order valence-electron chi connectivity index (χ2n) is 5.70. The predicted molar refractivity (Wildman–Crippen MR) is 82.0 cm³/mol. The Morgan fingerprint density at radius 1 is 1.50 bits per heavy atom. The highest BCUT2D eigenvalue weighted by Gasteiger charge is 2.20. The standard InChI is InChI=1S/C15H20BrFN2O/c1-9-3-2-4-10(5-9)8-19-15(20)11-6-14(18)13(17)7-12(11)16/h6-7,9-10H,2-5,8,18H2,1H3,(H,19,20). The molecule has 1 saturated carbocycles. The smallest absolute Gasteiger partial charge is 0.252 e. The van der Waals surface area contributed by atoms with Gasteiger partial charge in [0.15, 0.2) is 0 Å². The van der Waals surface area contributed by atoms with E-state index < -0.39 is 5.82 Å². The minimum Gasteiger partial charge on any atom is -0.396 e. The highest BCUT2D eigenvalue weighted by molar-refractivity contribution is 9.10. The molecule has 0 radical (unpaired) electrons. The maximum atomic E-state index is 13.3. The molecule has 2 rings (SSSR count). The van der Waals surface area contributed by atoms with E-state index in [1.165, 1.54) is 25.0 Å². The molecule has 0 bridgehead atoms. The van der Waals surface area contributed by atoms with Crippen LogP contribution in [0, 0.1) is 17.7 Å². The van der Waals surface area contributed by atoms with E-state index in [2.05, 4.69) is 28.2 Å². The largest absolute Gasteiger partial charge is 0.396 e. The lowest BCUT2D eigenvalue weighted by Gasteiger charge is -2.26. The van der Waals surface area contributed by atoms with Crippen LogP contribution in [0.3, 0.4) is 0 Å². The third kappa shape index (κ3) is 3.72. The van der Waals surface area contributed by atoms with Gasteiger partial charge >= 0.3 is 0 Å². The van der Waals surface area contributed by atoms with E-state index in [1.807, 2.05) is 0 Å². The summed E-state index contributed by atoms with van der Waals surface area (Å²) in [6.07, 6.45) is 4.84. The zero-order valence-corrected chi connectivity index (χ0v) is 13.2. The molecule has 0 aliphatic heterocycles. The number of carbonyl (C=O) groups excluding carboxylic acids is 1. The van der Waals surface area contributed by atoms with E-state index >= 15 is 0 Å². The minimum absolute atomic E-state index is 0.00959. The summed E-state index contributed by atoms with van der Waals surface area (Å²) >= 11 is 3.20. The van der Waals surface area contributed by atoms with Crippen LogP contribution in [0.2, 0.25) is 0 Å². The van der Waals surface area contributed by atoms with Gasteiger partial charge in [-0.1, -0.05) is 19.8 Å². The SMILES string of the molecule is CC1CCCC(CNC(=O)c2cc(N)c(F)cc2Br)C1. The zero-order chi connectivity index (χ0) is 14.7. The lowest BCUT2D eigenvalue weighted by Crippen LogP contribution is -2.31. The van der Waals surface area contributed by atoms with Crippen LogP contribution < -0.4 is 11.1 Å². The Hall–Kier alpha value is -1.10. The van der Waals surface area contributed by atoms with Gasteiger partial charge in [-0.2, -0.15) is 0 Å². The fraction of sp³-hybridized carbons (Fsp3) is 0.533. The first-order chi connectivity index (χ1) is 9.47. The number of anilines is 1. The van der Waals surface area contributed by atoms with Crippen molar-refractivity contribution in [1.82, 2.24) is 5.32 Å². The number of nitrogens with two attached hydrogens (primary N) is 1. The third-order valence-corrected chi connectivity index (χ3v) is 4.58. The van der Waals surface area contributed by atoms with Crippen LogP contribution in [0.25, 0.3) is 0 Å². The molecule has 0 heterocycles. The number of rotatable bonds is 3. The van der Waals surface area contributed by atoms with E-state index in [-0.39, 0.29) is 11.6 Å². The molecule has 20 heavy (non-hydrogen) atoms.